The first-order valence-electron chi connectivity index (χ1n) is 8.72. The van der Waals surface area contributed by atoms with Gasteiger partial charge in [-0.3, -0.25) is 4.98 Å². The van der Waals surface area contributed by atoms with Gasteiger partial charge in [0, 0.05) is 18.3 Å². The number of anilines is 1. The number of hydrogen-bond acceptors (Lipinski definition) is 5. The van der Waals surface area contributed by atoms with Crippen molar-refractivity contribution in [3.63, 3.8) is 0 Å². The fourth-order valence-corrected chi connectivity index (χ4v) is 3.03. The summed E-state index contributed by atoms with van der Waals surface area (Å²) >= 11 is 0. The highest BCUT2D eigenvalue weighted by atomic mass is 15.3. The van der Waals surface area contributed by atoms with E-state index in [1.807, 2.05) is 18.5 Å². The molecule has 6 nitrogen and oxygen atoms in total. The third-order valence-electron chi connectivity index (χ3n) is 4.55. The van der Waals surface area contributed by atoms with E-state index in [-0.39, 0.29) is 6.04 Å². The molecule has 3 aromatic heterocycles. The summed E-state index contributed by atoms with van der Waals surface area (Å²) in [5.41, 5.74) is 4.12. The number of nitrogens with one attached hydrogen (secondary N) is 1. The first-order chi connectivity index (χ1) is 11.8. The summed E-state index contributed by atoms with van der Waals surface area (Å²) < 4.78 is 1.79. The van der Waals surface area contributed by atoms with E-state index in [9.17, 15) is 0 Å². The predicted molar refractivity (Wildman–Crippen MR) is 92.9 cm³/mol. The smallest absolute Gasteiger partial charge is 0.200 e. The summed E-state index contributed by atoms with van der Waals surface area (Å²) in [6.45, 7) is 2.22. The second-order valence-electron chi connectivity index (χ2n) is 6.48. The number of aromatic nitrogens is 5. The molecule has 0 saturated heterocycles. The van der Waals surface area contributed by atoms with Gasteiger partial charge < -0.3 is 5.32 Å². The van der Waals surface area contributed by atoms with Crippen molar-refractivity contribution in [3.05, 3.63) is 48.2 Å². The number of unbranched alkanes of at least 4 members (excludes halogenated alkanes) is 1. The van der Waals surface area contributed by atoms with E-state index in [1.165, 1.54) is 24.8 Å². The highest BCUT2D eigenvalue weighted by Gasteiger charge is 2.27. The lowest BCUT2D eigenvalue weighted by molar-refractivity contribution is 0.632. The van der Waals surface area contributed by atoms with E-state index in [0.29, 0.717) is 5.92 Å². The van der Waals surface area contributed by atoms with Gasteiger partial charge in [-0.1, -0.05) is 25.8 Å². The summed E-state index contributed by atoms with van der Waals surface area (Å²) in [6, 6.07) is 6.49. The summed E-state index contributed by atoms with van der Waals surface area (Å²) in [6.07, 6.45) is 11.3. The van der Waals surface area contributed by atoms with Crippen LogP contribution in [0.5, 0.6) is 0 Å². The van der Waals surface area contributed by atoms with Crippen LogP contribution in [0.4, 0.5) is 5.69 Å². The SMILES string of the molecule is CCCCC(Nc1cc(C2CC2)nn2cnnc12)c1cccnc1. The lowest BCUT2D eigenvalue weighted by Gasteiger charge is -2.20. The summed E-state index contributed by atoms with van der Waals surface area (Å²) in [5.74, 6) is 0.588. The van der Waals surface area contributed by atoms with Crippen LogP contribution < -0.4 is 5.32 Å². The fourth-order valence-electron chi connectivity index (χ4n) is 3.03. The van der Waals surface area contributed by atoms with Crippen LogP contribution >= 0.6 is 0 Å². The molecular weight excluding hydrogens is 300 g/mol. The van der Waals surface area contributed by atoms with Crippen molar-refractivity contribution in [2.75, 3.05) is 5.32 Å². The minimum Gasteiger partial charge on any atom is -0.375 e. The Kier molecular flexibility index (Phi) is 4.11. The molecule has 124 valence electrons. The van der Waals surface area contributed by atoms with E-state index >= 15 is 0 Å². The van der Waals surface area contributed by atoms with Gasteiger partial charge in [0.15, 0.2) is 0 Å². The Labute approximate surface area is 141 Å². The number of hydrogen-bond donors (Lipinski definition) is 1. The largest absolute Gasteiger partial charge is 0.375 e. The van der Waals surface area contributed by atoms with Gasteiger partial charge in [-0.25, -0.2) is 0 Å². The molecule has 3 aromatic rings. The molecular formula is C18H22N6. The van der Waals surface area contributed by atoms with Crippen molar-refractivity contribution in [2.45, 2.75) is 51.0 Å². The van der Waals surface area contributed by atoms with Crippen LogP contribution in [0, 0.1) is 0 Å². The van der Waals surface area contributed by atoms with Gasteiger partial charge >= 0.3 is 0 Å². The molecule has 1 atom stereocenters. The van der Waals surface area contributed by atoms with Gasteiger partial charge in [-0.05, 0) is 37.0 Å². The normalized spacial score (nSPS) is 15.5. The first kappa shape index (κ1) is 15.1. The number of rotatable bonds is 7. The van der Waals surface area contributed by atoms with Crippen molar-refractivity contribution in [3.8, 4) is 0 Å². The average Bonchev–Trinajstić information content (AvgIpc) is 3.36. The molecule has 1 saturated carbocycles. The molecule has 1 N–H and O–H groups in total. The van der Waals surface area contributed by atoms with Crippen LogP contribution in [-0.4, -0.2) is 24.8 Å². The zero-order valence-electron chi connectivity index (χ0n) is 13.9. The summed E-state index contributed by atoms with van der Waals surface area (Å²) in [4.78, 5) is 4.28. The molecule has 3 heterocycles. The topological polar surface area (TPSA) is 68.0 Å². The molecule has 0 bridgehead atoms. The number of nitrogens with zero attached hydrogens (tertiary/aromatic N) is 5. The minimum absolute atomic E-state index is 0.216. The van der Waals surface area contributed by atoms with Crippen molar-refractivity contribution < 1.29 is 0 Å². The average molecular weight is 322 g/mol. The second kappa shape index (κ2) is 6.55. The Morgan fingerprint density at radius 3 is 3.04 bits per heavy atom. The van der Waals surface area contributed by atoms with Crippen molar-refractivity contribution >= 4 is 11.3 Å². The van der Waals surface area contributed by atoms with E-state index in [2.05, 4.69) is 44.7 Å². The number of fused-ring (bicyclic) bond motifs is 1. The Morgan fingerprint density at radius 2 is 2.29 bits per heavy atom. The Morgan fingerprint density at radius 1 is 1.38 bits per heavy atom. The van der Waals surface area contributed by atoms with Crippen LogP contribution in [0.15, 0.2) is 36.9 Å². The molecule has 0 aliphatic heterocycles. The molecule has 1 unspecified atom stereocenters. The first-order valence-corrected chi connectivity index (χ1v) is 8.72. The van der Waals surface area contributed by atoms with Crippen LogP contribution in [0.1, 0.15) is 62.2 Å². The van der Waals surface area contributed by atoms with Gasteiger partial charge in [0.2, 0.25) is 5.65 Å². The minimum atomic E-state index is 0.216. The quantitative estimate of drug-likeness (QED) is 0.717. The zero-order chi connectivity index (χ0) is 16.4. The van der Waals surface area contributed by atoms with Gasteiger partial charge in [0.05, 0.1) is 17.4 Å². The number of pyridine rings is 1. The molecule has 0 amide bonds. The van der Waals surface area contributed by atoms with E-state index in [4.69, 9.17) is 0 Å². The van der Waals surface area contributed by atoms with Crippen molar-refractivity contribution in [1.82, 2.24) is 24.8 Å². The molecule has 1 aliphatic carbocycles. The third kappa shape index (κ3) is 3.09. The molecule has 0 spiro atoms. The maximum absolute atomic E-state index is 4.64. The fraction of sp³-hybridized carbons (Fsp3) is 0.444. The van der Waals surface area contributed by atoms with Crippen LogP contribution in [0.3, 0.4) is 0 Å². The highest BCUT2D eigenvalue weighted by Crippen LogP contribution is 2.40. The summed E-state index contributed by atoms with van der Waals surface area (Å²) in [7, 11) is 0. The van der Waals surface area contributed by atoms with Crippen LogP contribution in [-0.2, 0) is 0 Å². The van der Waals surface area contributed by atoms with Crippen molar-refractivity contribution in [2.24, 2.45) is 0 Å². The van der Waals surface area contributed by atoms with Crippen molar-refractivity contribution in [1.29, 1.82) is 0 Å². The van der Waals surface area contributed by atoms with E-state index in [0.717, 1.165) is 29.9 Å². The Bertz CT molecular complexity index is 809. The van der Waals surface area contributed by atoms with Gasteiger partial charge in [0.25, 0.3) is 0 Å². The maximum atomic E-state index is 4.64. The Hall–Kier alpha value is -2.50. The molecule has 1 fully saturated rings. The van der Waals surface area contributed by atoms with Crippen LogP contribution in [0.25, 0.3) is 5.65 Å². The van der Waals surface area contributed by atoms with E-state index in [1.54, 1.807) is 10.8 Å². The maximum Gasteiger partial charge on any atom is 0.200 e. The molecule has 0 aromatic carbocycles. The third-order valence-corrected chi connectivity index (χ3v) is 4.55. The van der Waals surface area contributed by atoms with Crippen LogP contribution in [0.2, 0.25) is 0 Å². The molecule has 24 heavy (non-hydrogen) atoms. The lowest BCUT2D eigenvalue weighted by atomic mass is 10.0. The predicted octanol–water partition coefficient (Wildman–Crippen LogP) is 3.74. The van der Waals surface area contributed by atoms with Gasteiger partial charge in [-0.2, -0.15) is 9.61 Å². The standard InChI is InChI=1S/C18H22N6/c1-2-3-6-15(14-5-4-9-19-11-14)21-17-10-16(13-7-8-13)23-24-12-20-22-18(17)24/h4-5,9-13,15,21H,2-3,6-8H2,1H3. The molecule has 0 radical (unpaired) electrons. The second-order valence-corrected chi connectivity index (χ2v) is 6.48. The molecule has 1 aliphatic rings. The monoisotopic (exact) mass is 322 g/mol. The van der Waals surface area contributed by atoms with Gasteiger partial charge in [-0.15, -0.1) is 10.2 Å². The van der Waals surface area contributed by atoms with Gasteiger partial charge in [0.1, 0.15) is 6.33 Å². The Balaban J connectivity index is 1.68. The van der Waals surface area contributed by atoms with E-state index < -0.39 is 0 Å². The molecule has 6 heteroatoms. The molecule has 4 rings (SSSR count). The lowest BCUT2D eigenvalue weighted by Crippen LogP contribution is -2.13. The highest BCUT2D eigenvalue weighted by molar-refractivity contribution is 5.67. The summed E-state index contributed by atoms with van der Waals surface area (Å²) in [5, 5.41) is 16.6. The zero-order valence-corrected chi connectivity index (χ0v) is 13.9.